The van der Waals surface area contributed by atoms with Crippen LogP contribution in [-0.4, -0.2) is 27.1 Å². The van der Waals surface area contributed by atoms with Crippen molar-refractivity contribution in [3.05, 3.63) is 39.9 Å². The van der Waals surface area contributed by atoms with Gasteiger partial charge < -0.3 is 16.8 Å². The van der Waals surface area contributed by atoms with Crippen LogP contribution in [0.3, 0.4) is 0 Å². The molecule has 1 aromatic carbocycles. The molecule has 0 bridgehead atoms. The lowest BCUT2D eigenvalue weighted by Crippen LogP contribution is -2.08. The molecule has 9 nitrogen and oxygen atoms in total. The van der Waals surface area contributed by atoms with E-state index in [0.29, 0.717) is 24.5 Å². The largest absolute Gasteiger partial charge is 0.382 e. The zero-order valence-electron chi connectivity index (χ0n) is 11.5. The summed E-state index contributed by atoms with van der Waals surface area (Å²) in [5, 5.41) is 13.8. The molecule has 3 rings (SSSR count). The van der Waals surface area contributed by atoms with Crippen LogP contribution in [0.4, 0.5) is 29.0 Å². The van der Waals surface area contributed by atoms with E-state index in [0.717, 1.165) is 11.3 Å². The number of fused-ring (bicyclic) bond motifs is 1. The van der Waals surface area contributed by atoms with Crippen molar-refractivity contribution in [2.24, 2.45) is 4.99 Å². The van der Waals surface area contributed by atoms with Gasteiger partial charge in [0.05, 0.1) is 10.6 Å². The van der Waals surface area contributed by atoms with E-state index in [1.54, 1.807) is 12.1 Å². The Kier molecular flexibility index (Phi) is 3.30. The molecule has 22 heavy (non-hydrogen) atoms. The maximum atomic E-state index is 10.7. The number of nitrogens with one attached hydrogen (secondary N) is 1. The number of nitro benzene ring substituents is 1. The summed E-state index contributed by atoms with van der Waals surface area (Å²) < 4.78 is 0. The number of aromatic nitrogens is 2. The average Bonchev–Trinajstić information content (AvgIpc) is 2.70. The van der Waals surface area contributed by atoms with Gasteiger partial charge in [-0.2, -0.15) is 9.97 Å². The minimum Gasteiger partial charge on any atom is -0.382 e. The number of hydrogen-bond donors (Lipinski definition) is 3. The van der Waals surface area contributed by atoms with E-state index in [9.17, 15) is 10.1 Å². The first-order valence-corrected chi connectivity index (χ1v) is 6.54. The molecule has 112 valence electrons. The Bertz CT molecular complexity index is 771. The molecule has 0 radical (unpaired) electrons. The summed E-state index contributed by atoms with van der Waals surface area (Å²) in [5.74, 6) is 0.760. The summed E-state index contributed by atoms with van der Waals surface area (Å²) in [6.07, 6.45) is 0.619. The third-order valence-electron chi connectivity index (χ3n) is 3.24. The van der Waals surface area contributed by atoms with E-state index < -0.39 is 4.92 Å². The molecule has 0 saturated carbocycles. The Morgan fingerprint density at radius 2 is 1.91 bits per heavy atom. The fourth-order valence-corrected chi connectivity index (χ4v) is 2.20. The number of nitro groups is 1. The molecule has 0 unspecified atom stereocenters. The van der Waals surface area contributed by atoms with Crippen LogP contribution in [0.5, 0.6) is 0 Å². The minimum atomic E-state index is -0.440. The standard InChI is InChI=1S/C13H13N7O2/c14-11-10-12(19-13(15)18-11)16-6-5-9(17-10)7-1-3-8(4-2-7)20(21)22/h1-4H,5-6H2,(H5,14,15,16,18,19). The van der Waals surface area contributed by atoms with E-state index in [1.165, 1.54) is 12.1 Å². The first-order chi connectivity index (χ1) is 10.5. The highest BCUT2D eigenvalue weighted by Gasteiger charge is 2.17. The van der Waals surface area contributed by atoms with Gasteiger partial charge in [0.2, 0.25) is 5.95 Å². The van der Waals surface area contributed by atoms with Gasteiger partial charge in [-0.1, -0.05) is 0 Å². The van der Waals surface area contributed by atoms with Gasteiger partial charge in [0.1, 0.15) is 5.69 Å². The van der Waals surface area contributed by atoms with E-state index in [1.807, 2.05) is 0 Å². The maximum absolute atomic E-state index is 10.7. The smallest absolute Gasteiger partial charge is 0.269 e. The quantitative estimate of drug-likeness (QED) is 0.562. The highest BCUT2D eigenvalue weighted by molar-refractivity contribution is 6.04. The third kappa shape index (κ3) is 2.51. The molecule has 0 atom stereocenters. The predicted molar refractivity (Wildman–Crippen MR) is 83.3 cm³/mol. The summed E-state index contributed by atoms with van der Waals surface area (Å²) in [5.41, 5.74) is 13.4. The SMILES string of the molecule is Nc1nc(N)c2c(n1)NCCC(c1ccc([N+](=O)[O-])cc1)=N2. The second-order valence-electron chi connectivity index (χ2n) is 4.70. The molecule has 0 aliphatic carbocycles. The lowest BCUT2D eigenvalue weighted by Gasteiger charge is -2.06. The molecule has 0 fully saturated rings. The number of anilines is 3. The number of nitrogens with zero attached hydrogens (tertiary/aromatic N) is 4. The lowest BCUT2D eigenvalue weighted by molar-refractivity contribution is -0.384. The van der Waals surface area contributed by atoms with Crippen LogP contribution >= 0.6 is 0 Å². The summed E-state index contributed by atoms with van der Waals surface area (Å²) in [4.78, 5) is 22.7. The van der Waals surface area contributed by atoms with Crippen molar-refractivity contribution in [2.75, 3.05) is 23.3 Å². The Balaban J connectivity index is 2.03. The van der Waals surface area contributed by atoms with Crippen molar-refractivity contribution in [1.29, 1.82) is 0 Å². The number of non-ortho nitro benzene ring substituents is 1. The number of nitrogens with two attached hydrogens (primary N) is 2. The van der Waals surface area contributed by atoms with Crippen LogP contribution in [0.25, 0.3) is 0 Å². The fraction of sp³-hybridized carbons (Fsp3) is 0.154. The fourth-order valence-electron chi connectivity index (χ4n) is 2.20. The second kappa shape index (κ2) is 5.28. The zero-order chi connectivity index (χ0) is 15.7. The normalized spacial score (nSPS) is 13.5. The van der Waals surface area contributed by atoms with Crippen molar-refractivity contribution in [1.82, 2.24) is 9.97 Å². The Morgan fingerprint density at radius 1 is 1.18 bits per heavy atom. The van der Waals surface area contributed by atoms with Gasteiger partial charge in [-0.25, -0.2) is 4.99 Å². The number of aliphatic imine (C=N–C) groups is 1. The summed E-state index contributed by atoms with van der Waals surface area (Å²) >= 11 is 0. The summed E-state index contributed by atoms with van der Waals surface area (Å²) in [6.45, 7) is 0.596. The van der Waals surface area contributed by atoms with E-state index in [4.69, 9.17) is 11.5 Å². The number of nitrogen functional groups attached to an aromatic ring is 2. The molecule has 2 aromatic rings. The van der Waals surface area contributed by atoms with E-state index >= 15 is 0 Å². The summed E-state index contributed by atoms with van der Waals surface area (Å²) in [6, 6.07) is 6.21. The molecule has 0 spiro atoms. The van der Waals surface area contributed by atoms with Gasteiger partial charge in [0, 0.05) is 25.1 Å². The van der Waals surface area contributed by atoms with Gasteiger partial charge in [-0.15, -0.1) is 0 Å². The van der Waals surface area contributed by atoms with Crippen molar-refractivity contribution in [3.8, 4) is 0 Å². The molecule has 1 aliphatic rings. The number of benzene rings is 1. The molecule has 2 heterocycles. The van der Waals surface area contributed by atoms with Crippen molar-refractivity contribution in [2.45, 2.75) is 6.42 Å². The molecule has 0 amide bonds. The molecular weight excluding hydrogens is 286 g/mol. The first kappa shape index (κ1) is 13.7. The zero-order valence-corrected chi connectivity index (χ0v) is 11.5. The Hall–Kier alpha value is -3.23. The van der Waals surface area contributed by atoms with Crippen molar-refractivity contribution >= 4 is 34.7 Å². The minimum absolute atomic E-state index is 0.0344. The molecule has 9 heteroatoms. The molecule has 1 aliphatic heterocycles. The number of rotatable bonds is 2. The predicted octanol–water partition coefficient (Wildman–Crippen LogP) is 1.49. The van der Waals surface area contributed by atoms with E-state index in [-0.39, 0.29) is 17.5 Å². The summed E-state index contributed by atoms with van der Waals surface area (Å²) in [7, 11) is 0. The third-order valence-corrected chi connectivity index (χ3v) is 3.24. The second-order valence-corrected chi connectivity index (χ2v) is 4.70. The topological polar surface area (TPSA) is 145 Å². The van der Waals surface area contributed by atoms with Gasteiger partial charge in [-0.3, -0.25) is 10.1 Å². The van der Waals surface area contributed by atoms with Gasteiger partial charge in [-0.05, 0) is 17.7 Å². The van der Waals surface area contributed by atoms with Crippen LogP contribution in [-0.2, 0) is 0 Å². The average molecular weight is 299 g/mol. The van der Waals surface area contributed by atoms with Crippen LogP contribution in [0.15, 0.2) is 29.3 Å². The maximum Gasteiger partial charge on any atom is 0.269 e. The highest BCUT2D eigenvalue weighted by atomic mass is 16.6. The van der Waals surface area contributed by atoms with Crippen molar-refractivity contribution < 1.29 is 4.92 Å². The molecule has 1 aromatic heterocycles. The molecular formula is C13H13N7O2. The monoisotopic (exact) mass is 299 g/mol. The Labute approximate surface area is 125 Å². The van der Waals surface area contributed by atoms with E-state index in [2.05, 4.69) is 20.3 Å². The van der Waals surface area contributed by atoms with Gasteiger partial charge in [0.15, 0.2) is 11.6 Å². The van der Waals surface area contributed by atoms with Crippen LogP contribution in [0, 0.1) is 10.1 Å². The highest BCUT2D eigenvalue weighted by Crippen LogP contribution is 2.32. The lowest BCUT2D eigenvalue weighted by atomic mass is 10.1. The van der Waals surface area contributed by atoms with Crippen molar-refractivity contribution in [3.63, 3.8) is 0 Å². The molecule has 5 N–H and O–H groups in total. The molecule has 0 saturated heterocycles. The van der Waals surface area contributed by atoms with Crippen LogP contribution < -0.4 is 16.8 Å². The van der Waals surface area contributed by atoms with Gasteiger partial charge >= 0.3 is 0 Å². The van der Waals surface area contributed by atoms with Crippen LogP contribution in [0.1, 0.15) is 12.0 Å². The number of hydrogen-bond acceptors (Lipinski definition) is 8. The van der Waals surface area contributed by atoms with Crippen LogP contribution in [0.2, 0.25) is 0 Å². The Morgan fingerprint density at radius 3 is 2.59 bits per heavy atom. The van der Waals surface area contributed by atoms with Gasteiger partial charge in [0.25, 0.3) is 5.69 Å². The first-order valence-electron chi connectivity index (χ1n) is 6.54.